The Kier molecular flexibility index (Phi) is 5.70. The van der Waals surface area contributed by atoms with Crippen molar-refractivity contribution in [1.29, 1.82) is 0 Å². The number of carbonyl (C=O) groups excluding carboxylic acids is 2. The van der Waals surface area contributed by atoms with Gasteiger partial charge in [-0.15, -0.1) is 0 Å². The van der Waals surface area contributed by atoms with Gasteiger partial charge in [0.05, 0.1) is 24.7 Å². The largest absolute Gasteiger partial charge is 0.463 e. The third kappa shape index (κ3) is 4.29. The second-order valence-electron chi connectivity index (χ2n) is 5.80. The van der Waals surface area contributed by atoms with E-state index in [4.69, 9.17) is 14.2 Å². The van der Waals surface area contributed by atoms with E-state index in [1.165, 1.54) is 28.6 Å². The maximum atomic E-state index is 12.5. The van der Waals surface area contributed by atoms with Gasteiger partial charge in [0.2, 0.25) is 16.1 Å². The van der Waals surface area contributed by atoms with E-state index in [-0.39, 0.29) is 11.5 Å². The molecular formula is C17H19NO7S. The van der Waals surface area contributed by atoms with Gasteiger partial charge >= 0.3 is 11.9 Å². The van der Waals surface area contributed by atoms with E-state index in [1.807, 2.05) is 0 Å². The molecule has 1 atom stereocenters. The molecule has 1 aromatic carbocycles. The lowest BCUT2D eigenvalue weighted by atomic mass is 10.2. The molecule has 0 aromatic heterocycles. The van der Waals surface area contributed by atoms with Gasteiger partial charge < -0.3 is 14.2 Å². The minimum absolute atomic E-state index is 0.188. The SMILES string of the molecule is O=C(/C=C/c1ccc(S(=O)(=O)N2CCOCC2)cc1)O[C@@H]1CCOC1=O. The Morgan fingerprint density at radius 3 is 2.46 bits per heavy atom. The maximum absolute atomic E-state index is 12.5. The van der Waals surface area contributed by atoms with Gasteiger partial charge in [-0.05, 0) is 23.8 Å². The molecule has 2 heterocycles. The van der Waals surface area contributed by atoms with Gasteiger partial charge in [0.15, 0.2) is 0 Å². The number of cyclic esters (lactones) is 1. The zero-order chi connectivity index (χ0) is 18.6. The molecule has 1 aromatic rings. The summed E-state index contributed by atoms with van der Waals surface area (Å²) in [5, 5.41) is 0. The number of carbonyl (C=O) groups is 2. The molecule has 0 bridgehead atoms. The van der Waals surface area contributed by atoms with Gasteiger partial charge in [-0.3, -0.25) is 0 Å². The lowest BCUT2D eigenvalue weighted by Gasteiger charge is -2.26. The fraction of sp³-hybridized carbons (Fsp3) is 0.412. The molecule has 140 valence electrons. The van der Waals surface area contributed by atoms with Crippen LogP contribution < -0.4 is 0 Å². The van der Waals surface area contributed by atoms with Crippen LogP contribution in [-0.2, 0) is 33.8 Å². The van der Waals surface area contributed by atoms with Gasteiger partial charge in [-0.1, -0.05) is 12.1 Å². The molecule has 2 saturated heterocycles. The minimum atomic E-state index is -3.55. The van der Waals surface area contributed by atoms with E-state index in [2.05, 4.69) is 0 Å². The second kappa shape index (κ2) is 7.98. The monoisotopic (exact) mass is 381 g/mol. The molecule has 0 aliphatic carbocycles. The van der Waals surface area contributed by atoms with Crippen molar-refractivity contribution in [2.45, 2.75) is 17.4 Å². The molecule has 2 fully saturated rings. The molecule has 0 saturated carbocycles. The predicted molar refractivity (Wildman–Crippen MR) is 90.5 cm³/mol. The summed E-state index contributed by atoms with van der Waals surface area (Å²) in [4.78, 5) is 23.2. The number of rotatable bonds is 5. The average molecular weight is 381 g/mol. The van der Waals surface area contributed by atoms with Crippen molar-refractivity contribution in [3.8, 4) is 0 Å². The van der Waals surface area contributed by atoms with Crippen molar-refractivity contribution in [1.82, 2.24) is 4.31 Å². The molecule has 9 heteroatoms. The van der Waals surface area contributed by atoms with Crippen LogP contribution in [0.2, 0.25) is 0 Å². The van der Waals surface area contributed by atoms with Crippen molar-refractivity contribution in [2.75, 3.05) is 32.9 Å². The van der Waals surface area contributed by atoms with E-state index in [1.54, 1.807) is 12.1 Å². The van der Waals surface area contributed by atoms with Crippen LogP contribution in [-0.4, -0.2) is 63.7 Å². The summed E-state index contributed by atoms with van der Waals surface area (Å²) in [5.41, 5.74) is 0.636. The van der Waals surface area contributed by atoms with E-state index in [0.717, 1.165) is 0 Å². The first-order valence-electron chi connectivity index (χ1n) is 8.20. The topological polar surface area (TPSA) is 99.2 Å². The summed E-state index contributed by atoms with van der Waals surface area (Å²) >= 11 is 0. The number of hydrogen-bond donors (Lipinski definition) is 0. The summed E-state index contributed by atoms with van der Waals surface area (Å²) in [6, 6.07) is 6.18. The van der Waals surface area contributed by atoms with Crippen LogP contribution in [0.5, 0.6) is 0 Å². The lowest BCUT2D eigenvalue weighted by molar-refractivity contribution is -0.156. The predicted octanol–water partition coefficient (Wildman–Crippen LogP) is 0.579. The van der Waals surface area contributed by atoms with Crippen LogP contribution in [0, 0.1) is 0 Å². The van der Waals surface area contributed by atoms with Gasteiger partial charge in [0, 0.05) is 25.6 Å². The van der Waals surface area contributed by atoms with Crippen molar-refractivity contribution in [2.24, 2.45) is 0 Å². The first-order valence-corrected chi connectivity index (χ1v) is 9.64. The zero-order valence-corrected chi connectivity index (χ0v) is 14.8. The van der Waals surface area contributed by atoms with Crippen LogP contribution >= 0.6 is 0 Å². The van der Waals surface area contributed by atoms with Gasteiger partial charge in [0.25, 0.3) is 0 Å². The van der Waals surface area contributed by atoms with Crippen molar-refractivity contribution in [3.63, 3.8) is 0 Å². The molecule has 3 rings (SSSR count). The van der Waals surface area contributed by atoms with Crippen LogP contribution in [0.15, 0.2) is 35.2 Å². The summed E-state index contributed by atoms with van der Waals surface area (Å²) in [6.45, 7) is 1.69. The second-order valence-corrected chi connectivity index (χ2v) is 7.74. The molecule has 0 spiro atoms. The molecule has 0 amide bonds. The highest BCUT2D eigenvalue weighted by Gasteiger charge is 2.29. The maximum Gasteiger partial charge on any atom is 0.347 e. The van der Waals surface area contributed by atoms with Gasteiger partial charge in [0.1, 0.15) is 0 Å². The number of ether oxygens (including phenoxy) is 3. The first-order chi connectivity index (χ1) is 12.5. The third-order valence-electron chi connectivity index (χ3n) is 4.05. The molecule has 2 aliphatic heterocycles. The highest BCUT2D eigenvalue weighted by Crippen LogP contribution is 2.18. The average Bonchev–Trinajstić information content (AvgIpc) is 3.06. The van der Waals surface area contributed by atoms with Gasteiger partial charge in [-0.2, -0.15) is 4.31 Å². The Hall–Kier alpha value is -2.23. The lowest BCUT2D eigenvalue weighted by Crippen LogP contribution is -2.40. The molecule has 26 heavy (non-hydrogen) atoms. The van der Waals surface area contributed by atoms with E-state index in [0.29, 0.717) is 38.3 Å². The number of sulfonamides is 1. The number of esters is 2. The smallest absolute Gasteiger partial charge is 0.347 e. The molecule has 0 N–H and O–H groups in total. The highest BCUT2D eigenvalue weighted by molar-refractivity contribution is 7.89. The highest BCUT2D eigenvalue weighted by atomic mass is 32.2. The Bertz CT molecular complexity index is 795. The van der Waals surface area contributed by atoms with E-state index >= 15 is 0 Å². The number of hydrogen-bond acceptors (Lipinski definition) is 7. The van der Waals surface area contributed by atoms with Crippen molar-refractivity contribution < 1.29 is 32.2 Å². The van der Waals surface area contributed by atoms with Crippen LogP contribution in [0.1, 0.15) is 12.0 Å². The molecule has 8 nitrogen and oxygen atoms in total. The van der Waals surface area contributed by atoms with Crippen LogP contribution in [0.3, 0.4) is 0 Å². The first kappa shape index (κ1) is 18.6. The van der Waals surface area contributed by atoms with Crippen LogP contribution in [0.25, 0.3) is 6.08 Å². The summed E-state index contributed by atoms with van der Waals surface area (Å²) in [6.07, 6.45) is 2.19. The minimum Gasteiger partial charge on any atom is -0.463 e. The Morgan fingerprint density at radius 2 is 1.85 bits per heavy atom. The Labute approximate surface area is 151 Å². The number of morpholine rings is 1. The fourth-order valence-electron chi connectivity index (χ4n) is 2.62. The van der Waals surface area contributed by atoms with E-state index < -0.39 is 28.1 Å². The van der Waals surface area contributed by atoms with Crippen molar-refractivity contribution in [3.05, 3.63) is 35.9 Å². The quantitative estimate of drug-likeness (QED) is 0.543. The molecule has 0 radical (unpaired) electrons. The summed E-state index contributed by atoms with van der Waals surface area (Å²) in [5.74, 6) is -1.19. The van der Waals surface area contributed by atoms with Crippen molar-refractivity contribution >= 4 is 28.0 Å². The third-order valence-corrected chi connectivity index (χ3v) is 5.96. The summed E-state index contributed by atoms with van der Waals surface area (Å²) < 4.78 is 41.3. The molecule has 0 unspecified atom stereocenters. The Balaban J connectivity index is 1.62. The van der Waals surface area contributed by atoms with Gasteiger partial charge in [-0.25, -0.2) is 18.0 Å². The zero-order valence-electron chi connectivity index (χ0n) is 14.0. The fourth-order valence-corrected chi connectivity index (χ4v) is 4.02. The molecule has 2 aliphatic rings. The van der Waals surface area contributed by atoms with Crippen LogP contribution in [0.4, 0.5) is 0 Å². The number of benzene rings is 1. The molecular weight excluding hydrogens is 362 g/mol. The summed E-state index contributed by atoms with van der Waals surface area (Å²) in [7, 11) is -3.55. The number of nitrogens with zero attached hydrogens (tertiary/aromatic N) is 1. The standard InChI is InChI=1S/C17H19NO7S/c19-16(25-15-7-10-24-17(15)20)6-3-13-1-4-14(5-2-13)26(21,22)18-8-11-23-12-9-18/h1-6,15H,7-12H2/b6-3+/t15-/m1/s1. The normalized spacial score (nSPS) is 21.7. The van der Waals surface area contributed by atoms with E-state index in [9.17, 15) is 18.0 Å². The Morgan fingerprint density at radius 1 is 1.15 bits per heavy atom.